The Morgan fingerprint density at radius 2 is 1.85 bits per heavy atom. The molecule has 0 aliphatic carbocycles. The Hall–Kier alpha value is -4.02. The average Bonchev–Trinajstić information content (AvgIpc) is 3.27. The molecule has 1 saturated heterocycles. The molecule has 2 aromatic carbocycles. The van der Waals surface area contributed by atoms with E-state index in [4.69, 9.17) is 10.5 Å². The standard InChI is InChI=1S/C23H21F3N6O2/c1-34-22-21(31-23(27)33)29-19-15(16(24)17(25)18(26)20(19)30-22)11-6-8-32(9-7-11)14-10-12-4-2-3-5-13(12)28-14/h2-5,10-11,28H,6-9H2,1H3,(H3,27,29,31,33). The number of ether oxygens (including phenoxy) is 1. The Morgan fingerprint density at radius 1 is 1.12 bits per heavy atom. The maximum Gasteiger partial charge on any atom is 0.317 e. The van der Waals surface area contributed by atoms with Crippen molar-refractivity contribution in [3.05, 3.63) is 53.3 Å². The van der Waals surface area contributed by atoms with Crippen LogP contribution < -0.4 is 20.7 Å². The maximum atomic E-state index is 15.1. The highest BCUT2D eigenvalue weighted by Crippen LogP contribution is 2.39. The number of methoxy groups -OCH3 is 1. The fourth-order valence-electron chi connectivity index (χ4n) is 4.53. The van der Waals surface area contributed by atoms with E-state index in [1.54, 1.807) is 0 Å². The third-order valence-electron chi connectivity index (χ3n) is 6.14. The lowest BCUT2D eigenvalue weighted by molar-refractivity contribution is 0.259. The van der Waals surface area contributed by atoms with Gasteiger partial charge < -0.3 is 20.4 Å². The van der Waals surface area contributed by atoms with Gasteiger partial charge in [0.25, 0.3) is 5.88 Å². The molecule has 1 aliphatic heterocycles. The lowest BCUT2D eigenvalue weighted by Crippen LogP contribution is -2.33. The first kappa shape index (κ1) is 21.8. The number of carbonyl (C=O) groups excluding carboxylic acids is 1. The van der Waals surface area contributed by atoms with E-state index in [-0.39, 0.29) is 22.8 Å². The van der Waals surface area contributed by atoms with Crippen molar-refractivity contribution < 1.29 is 22.7 Å². The van der Waals surface area contributed by atoms with Crippen molar-refractivity contribution in [2.45, 2.75) is 18.8 Å². The van der Waals surface area contributed by atoms with Crippen LogP contribution in [0.15, 0.2) is 30.3 Å². The highest BCUT2D eigenvalue weighted by Gasteiger charge is 2.31. The lowest BCUT2D eigenvalue weighted by atomic mass is 9.87. The molecule has 1 fully saturated rings. The van der Waals surface area contributed by atoms with Crippen LogP contribution in [0.4, 0.5) is 29.6 Å². The molecule has 0 bridgehead atoms. The van der Waals surface area contributed by atoms with Gasteiger partial charge in [-0.15, -0.1) is 0 Å². The van der Waals surface area contributed by atoms with Crippen molar-refractivity contribution in [1.82, 2.24) is 15.0 Å². The molecule has 4 aromatic rings. The number of benzene rings is 2. The molecule has 3 heterocycles. The molecule has 0 saturated carbocycles. The zero-order chi connectivity index (χ0) is 24.0. The number of H-pyrrole nitrogens is 1. The monoisotopic (exact) mass is 470 g/mol. The molecule has 0 radical (unpaired) electrons. The lowest BCUT2D eigenvalue weighted by Gasteiger charge is -2.33. The number of aromatic nitrogens is 3. The minimum absolute atomic E-state index is 0.0760. The molecule has 1 aliphatic rings. The first-order chi connectivity index (χ1) is 16.4. The molecule has 176 valence electrons. The first-order valence-electron chi connectivity index (χ1n) is 10.7. The van der Waals surface area contributed by atoms with Gasteiger partial charge in [-0.1, -0.05) is 18.2 Å². The normalized spacial score (nSPS) is 14.6. The molecule has 2 aromatic heterocycles. The van der Waals surface area contributed by atoms with Gasteiger partial charge in [-0.3, -0.25) is 5.32 Å². The van der Waals surface area contributed by atoms with Gasteiger partial charge in [0.2, 0.25) is 0 Å². The van der Waals surface area contributed by atoms with Gasteiger partial charge in [-0.05, 0) is 30.9 Å². The number of nitrogens with two attached hydrogens (primary N) is 1. The Bertz CT molecular complexity index is 1380. The topological polar surface area (TPSA) is 109 Å². The number of nitrogens with zero attached hydrogens (tertiary/aromatic N) is 3. The summed E-state index contributed by atoms with van der Waals surface area (Å²) in [4.78, 5) is 25.0. The van der Waals surface area contributed by atoms with E-state index in [0.717, 1.165) is 16.7 Å². The highest BCUT2D eigenvalue weighted by atomic mass is 19.2. The van der Waals surface area contributed by atoms with Gasteiger partial charge in [0.1, 0.15) is 16.9 Å². The van der Waals surface area contributed by atoms with Crippen LogP contribution in [-0.4, -0.2) is 41.2 Å². The van der Waals surface area contributed by atoms with Crippen LogP contribution >= 0.6 is 0 Å². The molecular weight excluding hydrogens is 449 g/mol. The summed E-state index contributed by atoms with van der Waals surface area (Å²) in [5, 5.41) is 3.31. The summed E-state index contributed by atoms with van der Waals surface area (Å²) in [6, 6.07) is 8.99. The zero-order valence-electron chi connectivity index (χ0n) is 18.2. The van der Waals surface area contributed by atoms with Crippen LogP contribution in [0.3, 0.4) is 0 Å². The first-order valence-corrected chi connectivity index (χ1v) is 10.7. The van der Waals surface area contributed by atoms with Crippen molar-refractivity contribution >= 4 is 39.6 Å². The molecule has 5 rings (SSSR count). The molecule has 0 spiro atoms. The largest absolute Gasteiger partial charge is 0.478 e. The number of hydrogen-bond acceptors (Lipinski definition) is 5. The average molecular weight is 470 g/mol. The number of hydrogen-bond donors (Lipinski definition) is 3. The van der Waals surface area contributed by atoms with E-state index in [2.05, 4.69) is 25.2 Å². The van der Waals surface area contributed by atoms with Crippen LogP contribution in [0.5, 0.6) is 5.88 Å². The summed E-state index contributed by atoms with van der Waals surface area (Å²) >= 11 is 0. The molecule has 11 heteroatoms. The van der Waals surface area contributed by atoms with Crippen LogP contribution in [0, 0.1) is 17.5 Å². The van der Waals surface area contributed by atoms with Gasteiger partial charge in [0.15, 0.2) is 23.3 Å². The van der Waals surface area contributed by atoms with E-state index >= 15 is 4.39 Å². The summed E-state index contributed by atoms with van der Waals surface area (Å²) in [6.45, 7) is 1.13. The number of primary amides is 1. The molecule has 0 unspecified atom stereocenters. The molecule has 4 N–H and O–H groups in total. The molecule has 34 heavy (non-hydrogen) atoms. The van der Waals surface area contributed by atoms with Crippen molar-refractivity contribution in [3.8, 4) is 5.88 Å². The van der Waals surface area contributed by atoms with Gasteiger partial charge >= 0.3 is 6.03 Å². The number of nitrogens with one attached hydrogen (secondary N) is 2. The van der Waals surface area contributed by atoms with Gasteiger partial charge in [0, 0.05) is 29.6 Å². The van der Waals surface area contributed by atoms with Crippen molar-refractivity contribution in [1.29, 1.82) is 0 Å². The number of urea groups is 1. The third kappa shape index (κ3) is 3.62. The molecular formula is C23H21F3N6O2. The predicted molar refractivity (Wildman–Crippen MR) is 122 cm³/mol. The number of piperidine rings is 1. The molecule has 0 atom stereocenters. The van der Waals surface area contributed by atoms with E-state index in [1.807, 2.05) is 30.3 Å². The minimum atomic E-state index is -1.62. The SMILES string of the molecule is COc1nc2c(F)c(F)c(F)c(C3CCN(c4cc5ccccc5[nH]4)CC3)c2nc1NC(N)=O. The van der Waals surface area contributed by atoms with Crippen molar-refractivity contribution in [2.75, 3.05) is 30.4 Å². The molecule has 2 amide bonds. The summed E-state index contributed by atoms with van der Waals surface area (Å²) < 4.78 is 49.2. The summed E-state index contributed by atoms with van der Waals surface area (Å²) in [6.07, 6.45) is 0.942. The van der Waals surface area contributed by atoms with Gasteiger partial charge in [-0.2, -0.15) is 0 Å². The fourth-order valence-corrected chi connectivity index (χ4v) is 4.53. The van der Waals surface area contributed by atoms with E-state index in [9.17, 15) is 13.6 Å². The number of anilines is 2. The number of para-hydroxylation sites is 1. The Kier molecular flexibility index (Phi) is 5.39. The number of aromatic amines is 1. The van der Waals surface area contributed by atoms with Crippen molar-refractivity contribution in [2.24, 2.45) is 5.73 Å². The second kappa shape index (κ2) is 8.40. The third-order valence-corrected chi connectivity index (χ3v) is 6.14. The summed E-state index contributed by atoms with van der Waals surface area (Å²) in [7, 11) is 1.22. The molecule has 8 nitrogen and oxygen atoms in total. The van der Waals surface area contributed by atoms with E-state index < -0.39 is 34.9 Å². The maximum absolute atomic E-state index is 15.1. The second-order valence-electron chi connectivity index (χ2n) is 8.13. The minimum Gasteiger partial charge on any atom is -0.478 e. The Balaban J connectivity index is 1.52. The highest BCUT2D eigenvalue weighted by molar-refractivity contribution is 5.91. The predicted octanol–water partition coefficient (Wildman–Crippen LogP) is 4.41. The fraction of sp³-hybridized carbons (Fsp3) is 0.261. The summed E-state index contributed by atoms with van der Waals surface area (Å²) in [5.41, 5.74) is 5.45. The van der Waals surface area contributed by atoms with Gasteiger partial charge in [-0.25, -0.2) is 27.9 Å². The summed E-state index contributed by atoms with van der Waals surface area (Å²) in [5.74, 6) is -4.37. The number of amides is 2. The smallest absolute Gasteiger partial charge is 0.317 e. The Morgan fingerprint density at radius 3 is 2.53 bits per heavy atom. The van der Waals surface area contributed by atoms with Crippen LogP contribution in [-0.2, 0) is 0 Å². The Labute approximate surface area is 191 Å². The zero-order valence-corrected chi connectivity index (χ0v) is 18.2. The van der Waals surface area contributed by atoms with E-state index in [0.29, 0.717) is 25.9 Å². The number of carbonyl (C=O) groups is 1. The second-order valence-corrected chi connectivity index (χ2v) is 8.13. The van der Waals surface area contributed by atoms with Crippen LogP contribution in [0.1, 0.15) is 24.3 Å². The quantitative estimate of drug-likeness (QED) is 0.383. The van der Waals surface area contributed by atoms with Crippen LogP contribution in [0.25, 0.3) is 21.9 Å². The van der Waals surface area contributed by atoms with E-state index in [1.165, 1.54) is 7.11 Å². The number of fused-ring (bicyclic) bond motifs is 2. The van der Waals surface area contributed by atoms with Crippen molar-refractivity contribution in [3.63, 3.8) is 0 Å². The number of rotatable bonds is 4. The van der Waals surface area contributed by atoms with Crippen LogP contribution in [0.2, 0.25) is 0 Å². The van der Waals surface area contributed by atoms with Gasteiger partial charge in [0.05, 0.1) is 7.11 Å². The number of halogens is 3.